The van der Waals surface area contributed by atoms with Crippen LogP contribution >= 0.6 is 23.2 Å². The molecule has 0 saturated carbocycles. The number of aromatic nitrogens is 5. The molecule has 0 unspecified atom stereocenters. The van der Waals surface area contributed by atoms with Gasteiger partial charge in [0.15, 0.2) is 17.0 Å². The first-order valence-corrected chi connectivity index (χ1v) is 12.1. The van der Waals surface area contributed by atoms with Gasteiger partial charge >= 0.3 is 6.18 Å². The van der Waals surface area contributed by atoms with E-state index in [9.17, 15) is 18.0 Å². The van der Waals surface area contributed by atoms with E-state index in [4.69, 9.17) is 23.2 Å². The van der Waals surface area contributed by atoms with Gasteiger partial charge in [-0.25, -0.2) is 9.50 Å². The third kappa shape index (κ3) is 4.97. The van der Waals surface area contributed by atoms with Crippen LogP contribution in [0.15, 0.2) is 60.7 Å². The highest BCUT2D eigenvalue weighted by atomic mass is 35.5. The summed E-state index contributed by atoms with van der Waals surface area (Å²) in [6.07, 6.45) is -4.74. The first-order valence-electron chi connectivity index (χ1n) is 11.3. The first-order chi connectivity index (χ1) is 18.0. The summed E-state index contributed by atoms with van der Waals surface area (Å²) in [4.78, 5) is 17.4. The molecule has 0 spiro atoms. The number of amides is 1. The fraction of sp³-hybridized carbons (Fsp3) is 0.154. The van der Waals surface area contributed by atoms with Crippen molar-refractivity contribution in [2.24, 2.45) is 0 Å². The number of rotatable bonds is 5. The number of anilines is 1. The van der Waals surface area contributed by atoms with E-state index < -0.39 is 17.8 Å². The molecule has 12 heteroatoms. The normalized spacial score (nSPS) is 11.8. The van der Waals surface area contributed by atoms with E-state index in [1.165, 1.54) is 6.07 Å². The van der Waals surface area contributed by atoms with Crippen LogP contribution < -0.4 is 5.32 Å². The molecule has 3 aromatic heterocycles. The predicted octanol–water partition coefficient (Wildman–Crippen LogP) is 6.84. The van der Waals surface area contributed by atoms with Crippen LogP contribution in [0.1, 0.15) is 33.1 Å². The second kappa shape index (κ2) is 9.77. The van der Waals surface area contributed by atoms with Gasteiger partial charge in [0.25, 0.3) is 5.91 Å². The molecule has 0 radical (unpaired) electrons. The van der Waals surface area contributed by atoms with Crippen LogP contribution in [0.5, 0.6) is 0 Å². The van der Waals surface area contributed by atoms with Crippen LogP contribution in [0.3, 0.4) is 0 Å². The average molecular weight is 559 g/mol. The molecule has 1 amide bonds. The van der Waals surface area contributed by atoms with Crippen molar-refractivity contribution in [3.63, 3.8) is 0 Å². The van der Waals surface area contributed by atoms with Gasteiger partial charge in [0.1, 0.15) is 0 Å². The van der Waals surface area contributed by atoms with Gasteiger partial charge in [0.2, 0.25) is 0 Å². The highest BCUT2D eigenvalue weighted by molar-refractivity contribution is 6.31. The summed E-state index contributed by atoms with van der Waals surface area (Å²) >= 11 is 12.2. The van der Waals surface area contributed by atoms with E-state index in [2.05, 4.69) is 20.5 Å². The van der Waals surface area contributed by atoms with Gasteiger partial charge < -0.3 is 5.32 Å². The van der Waals surface area contributed by atoms with Gasteiger partial charge in [-0.05, 0) is 43.7 Å². The standard InChI is InChI=1S/C26H19Cl2F3N6O/c1-14-24(15(2)36(34-14)13-17-5-3-4-6-19(17)28)33-25(38)21-12-23-32-20(16-7-9-18(27)10-8-16)11-22(26(29,30)31)37(23)35-21/h3-12H,13H2,1-2H3,(H,33,38). The Labute approximate surface area is 224 Å². The topological polar surface area (TPSA) is 77.1 Å². The molecule has 2 aromatic carbocycles. The van der Waals surface area contributed by atoms with Crippen LogP contribution in [0.2, 0.25) is 10.0 Å². The van der Waals surface area contributed by atoms with E-state index in [1.807, 2.05) is 18.2 Å². The number of alkyl halides is 3. The lowest BCUT2D eigenvalue weighted by Crippen LogP contribution is -2.16. The minimum Gasteiger partial charge on any atom is -0.317 e. The average Bonchev–Trinajstić information content (AvgIpc) is 3.41. The second-order valence-corrected chi connectivity index (χ2v) is 9.42. The second-order valence-electron chi connectivity index (χ2n) is 8.58. The van der Waals surface area contributed by atoms with Crippen LogP contribution in [0.4, 0.5) is 18.9 Å². The molecule has 0 aliphatic carbocycles. The van der Waals surface area contributed by atoms with Gasteiger partial charge in [-0.2, -0.15) is 23.4 Å². The first kappa shape index (κ1) is 25.7. The maximum absolute atomic E-state index is 13.9. The number of carbonyl (C=O) groups is 1. The zero-order chi connectivity index (χ0) is 27.2. The number of aryl methyl sites for hydroxylation is 1. The Morgan fingerprint density at radius 3 is 2.39 bits per heavy atom. The monoisotopic (exact) mass is 558 g/mol. The van der Waals surface area contributed by atoms with E-state index in [0.29, 0.717) is 43.7 Å². The van der Waals surface area contributed by atoms with Gasteiger partial charge in [0, 0.05) is 21.7 Å². The largest absolute Gasteiger partial charge is 0.433 e. The highest BCUT2D eigenvalue weighted by Gasteiger charge is 2.35. The Morgan fingerprint density at radius 1 is 1.00 bits per heavy atom. The minimum absolute atomic E-state index is 0.0703. The van der Waals surface area contributed by atoms with Crippen molar-refractivity contribution in [1.29, 1.82) is 0 Å². The van der Waals surface area contributed by atoms with Gasteiger partial charge in [-0.15, -0.1) is 0 Å². The van der Waals surface area contributed by atoms with Crippen molar-refractivity contribution >= 4 is 40.4 Å². The molecular weight excluding hydrogens is 540 g/mol. The number of fused-ring (bicyclic) bond motifs is 1. The van der Waals surface area contributed by atoms with Gasteiger partial charge in [-0.1, -0.05) is 53.5 Å². The van der Waals surface area contributed by atoms with Crippen molar-refractivity contribution in [3.8, 4) is 11.3 Å². The molecule has 3 heterocycles. The number of carbonyl (C=O) groups excluding carboxylic acids is 1. The van der Waals surface area contributed by atoms with Crippen LogP contribution in [-0.4, -0.2) is 30.3 Å². The number of nitrogens with zero attached hydrogens (tertiary/aromatic N) is 5. The number of nitrogens with one attached hydrogen (secondary N) is 1. The molecule has 7 nitrogen and oxygen atoms in total. The molecule has 0 atom stereocenters. The summed E-state index contributed by atoms with van der Waals surface area (Å²) in [5.74, 6) is -0.694. The van der Waals surface area contributed by atoms with Crippen molar-refractivity contribution < 1.29 is 18.0 Å². The summed E-state index contributed by atoms with van der Waals surface area (Å²) in [7, 11) is 0. The molecule has 194 valence electrons. The quantitative estimate of drug-likeness (QED) is 0.256. The van der Waals surface area contributed by atoms with Crippen molar-refractivity contribution in [2.75, 3.05) is 5.32 Å². The number of hydrogen-bond acceptors (Lipinski definition) is 4. The molecule has 0 saturated heterocycles. The van der Waals surface area contributed by atoms with Gasteiger partial charge in [-0.3, -0.25) is 9.48 Å². The number of hydrogen-bond donors (Lipinski definition) is 1. The molecular formula is C26H19Cl2F3N6O. The molecule has 0 aliphatic heterocycles. The lowest BCUT2D eigenvalue weighted by atomic mass is 10.1. The molecule has 1 N–H and O–H groups in total. The highest BCUT2D eigenvalue weighted by Crippen LogP contribution is 2.33. The molecule has 0 fully saturated rings. The fourth-order valence-electron chi connectivity index (χ4n) is 4.05. The van der Waals surface area contributed by atoms with E-state index >= 15 is 0 Å². The zero-order valence-corrected chi connectivity index (χ0v) is 21.5. The summed E-state index contributed by atoms with van der Waals surface area (Å²) in [5, 5.41) is 12.2. The van der Waals surface area contributed by atoms with Gasteiger partial charge in [0.05, 0.1) is 29.3 Å². The molecule has 5 aromatic rings. The van der Waals surface area contributed by atoms with Crippen molar-refractivity contribution in [1.82, 2.24) is 24.4 Å². The maximum Gasteiger partial charge on any atom is 0.433 e. The van der Waals surface area contributed by atoms with Crippen LogP contribution in [0, 0.1) is 13.8 Å². The summed E-state index contributed by atoms with van der Waals surface area (Å²) < 4.78 is 44.1. The molecule has 0 bridgehead atoms. The predicted molar refractivity (Wildman–Crippen MR) is 139 cm³/mol. The summed E-state index contributed by atoms with van der Waals surface area (Å²) in [6, 6.07) is 15.7. The smallest absolute Gasteiger partial charge is 0.317 e. The lowest BCUT2D eigenvalue weighted by Gasteiger charge is -2.11. The fourth-order valence-corrected chi connectivity index (χ4v) is 4.37. The summed E-state index contributed by atoms with van der Waals surface area (Å²) in [5.41, 5.74) is 1.56. The third-order valence-corrected chi connectivity index (χ3v) is 6.61. The van der Waals surface area contributed by atoms with Crippen molar-refractivity contribution in [2.45, 2.75) is 26.6 Å². The zero-order valence-electron chi connectivity index (χ0n) is 20.0. The Bertz CT molecular complexity index is 1680. The van der Waals surface area contributed by atoms with Crippen LogP contribution in [0.25, 0.3) is 16.9 Å². The SMILES string of the molecule is Cc1nn(Cc2ccccc2Cl)c(C)c1NC(=O)c1cc2nc(-c3ccc(Cl)cc3)cc(C(F)(F)F)n2n1. The molecule has 5 rings (SSSR count). The van der Waals surface area contributed by atoms with Crippen LogP contribution in [-0.2, 0) is 12.7 Å². The molecule has 38 heavy (non-hydrogen) atoms. The Kier molecular flexibility index (Phi) is 6.62. The maximum atomic E-state index is 13.9. The van der Waals surface area contributed by atoms with E-state index in [1.54, 1.807) is 48.9 Å². The van der Waals surface area contributed by atoms with E-state index in [0.717, 1.165) is 11.6 Å². The lowest BCUT2D eigenvalue weighted by molar-refractivity contribution is -0.142. The summed E-state index contributed by atoms with van der Waals surface area (Å²) in [6.45, 7) is 3.87. The third-order valence-electron chi connectivity index (χ3n) is 5.99. The minimum atomic E-state index is -4.74. The number of benzene rings is 2. The Morgan fingerprint density at radius 2 is 1.71 bits per heavy atom. The van der Waals surface area contributed by atoms with E-state index in [-0.39, 0.29) is 17.0 Å². The molecule has 0 aliphatic rings. The number of halogens is 5. The Balaban J connectivity index is 1.48. The Hall–Kier alpha value is -3.89. The van der Waals surface area contributed by atoms with Crippen molar-refractivity contribution in [3.05, 3.63) is 99.0 Å².